The highest BCUT2D eigenvalue weighted by Gasteiger charge is 2.16. The molecular formula is C10H20N+. The molecule has 0 aromatic carbocycles. The van der Waals surface area contributed by atoms with Crippen LogP contribution in [0.15, 0.2) is 24.8 Å². The van der Waals surface area contributed by atoms with Crippen molar-refractivity contribution in [1.29, 1.82) is 0 Å². The number of likely N-dealkylation sites (N-methyl/N-ethyl adjacent to an activating group) is 1. The van der Waals surface area contributed by atoms with Gasteiger partial charge in [0.2, 0.25) is 0 Å². The van der Waals surface area contributed by atoms with Gasteiger partial charge in [-0.15, -0.1) is 0 Å². The van der Waals surface area contributed by atoms with Crippen molar-refractivity contribution in [3.05, 3.63) is 24.8 Å². The van der Waals surface area contributed by atoms with Crippen LogP contribution < -0.4 is 0 Å². The molecule has 0 heterocycles. The van der Waals surface area contributed by atoms with E-state index in [9.17, 15) is 0 Å². The third kappa shape index (κ3) is 3.99. The Morgan fingerprint density at radius 2 is 2.09 bits per heavy atom. The van der Waals surface area contributed by atoms with Gasteiger partial charge in [0.15, 0.2) is 0 Å². The fourth-order valence-corrected chi connectivity index (χ4v) is 1.27. The molecule has 1 nitrogen and oxygen atoms in total. The molecule has 0 N–H and O–H groups in total. The van der Waals surface area contributed by atoms with E-state index in [1.807, 2.05) is 6.08 Å². The number of hydrogen-bond donors (Lipinski definition) is 0. The largest absolute Gasteiger partial charge is 0.320 e. The van der Waals surface area contributed by atoms with E-state index in [0.717, 1.165) is 24.1 Å². The van der Waals surface area contributed by atoms with Crippen molar-refractivity contribution in [1.82, 2.24) is 0 Å². The van der Waals surface area contributed by atoms with Crippen LogP contribution in [0.25, 0.3) is 0 Å². The summed E-state index contributed by atoms with van der Waals surface area (Å²) in [5, 5.41) is 0. The van der Waals surface area contributed by atoms with Gasteiger partial charge in [-0.05, 0) is 25.5 Å². The Balaban J connectivity index is 4.08. The van der Waals surface area contributed by atoms with E-state index < -0.39 is 0 Å². The monoisotopic (exact) mass is 154 g/mol. The van der Waals surface area contributed by atoms with Crippen molar-refractivity contribution in [2.45, 2.75) is 13.8 Å². The fraction of sp³-hybridized carbons (Fsp3) is 0.600. The quantitative estimate of drug-likeness (QED) is 0.421. The lowest BCUT2D eigenvalue weighted by atomic mass is 10.2. The van der Waals surface area contributed by atoms with Crippen LogP contribution in [0.1, 0.15) is 13.8 Å². The first kappa shape index (κ1) is 10.4. The Labute approximate surface area is 70.6 Å². The first-order valence-electron chi connectivity index (χ1n) is 4.13. The Kier molecular flexibility index (Phi) is 4.12. The van der Waals surface area contributed by atoms with Crippen LogP contribution in [0.3, 0.4) is 0 Å². The molecule has 0 radical (unpaired) electrons. The van der Waals surface area contributed by atoms with Gasteiger partial charge in [-0.1, -0.05) is 13.2 Å². The van der Waals surface area contributed by atoms with Gasteiger partial charge in [0.05, 0.1) is 26.7 Å². The molecule has 0 saturated carbocycles. The fourth-order valence-electron chi connectivity index (χ4n) is 1.27. The third-order valence-electron chi connectivity index (χ3n) is 1.98. The first-order valence-corrected chi connectivity index (χ1v) is 4.13. The lowest BCUT2D eigenvalue weighted by Crippen LogP contribution is -2.44. The maximum Gasteiger partial charge on any atom is 0.0998 e. The van der Waals surface area contributed by atoms with Crippen molar-refractivity contribution in [3.63, 3.8) is 0 Å². The van der Waals surface area contributed by atoms with Gasteiger partial charge < -0.3 is 4.48 Å². The zero-order valence-electron chi connectivity index (χ0n) is 8.06. The molecule has 64 valence electrons. The second-order valence-corrected chi connectivity index (χ2v) is 3.52. The summed E-state index contributed by atoms with van der Waals surface area (Å²) < 4.78 is 1.03. The zero-order chi connectivity index (χ0) is 8.91. The van der Waals surface area contributed by atoms with E-state index in [2.05, 4.69) is 34.1 Å². The molecule has 11 heavy (non-hydrogen) atoms. The van der Waals surface area contributed by atoms with Crippen molar-refractivity contribution in [3.8, 4) is 0 Å². The third-order valence-corrected chi connectivity index (χ3v) is 1.98. The van der Waals surface area contributed by atoms with E-state index >= 15 is 0 Å². The van der Waals surface area contributed by atoms with Gasteiger partial charge in [0.25, 0.3) is 0 Å². The Morgan fingerprint density at radius 3 is 2.36 bits per heavy atom. The minimum atomic E-state index is 1.03. The Morgan fingerprint density at radius 1 is 1.55 bits per heavy atom. The lowest BCUT2D eigenvalue weighted by Gasteiger charge is -2.32. The van der Waals surface area contributed by atoms with Gasteiger partial charge >= 0.3 is 0 Å². The van der Waals surface area contributed by atoms with Crippen molar-refractivity contribution in [2.24, 2.45) is 0 Å². The first-order chi connectivity index (χ1) is 5.04. The standard InChI is InChI=1S/C10H20N/c1-6-8-11(5,7-2)9-10(3)4/h6H,1,3,7-9H2,2,4-5H3/q+1. The van der Waals surface area contributed by atoms with Gasteiger partial charge in [-0.2, -0.15) is 0 Å². The summed E-state index contributed by atoms with van der Waals surface area (Å²) in [6, 6.07) is 0. The summed E-state index contributed by atoms with van der Waals surface area (Å²) in [5.41, 5.74) is 1.25. The molecule has 0 aliphatic heterocycles. The molecule has 0 spiro atoms. The maximum atomic E-state index is 3.92. The molecule has 1 unspecified atom stereocenters. The molecule has 0 saturated heterocycles. The summed E-state index contributed by atoms with van der Waals surface area (Å²) in [7, 11) is 2.23. The SMILES string of the molecule is C=CC[N+](C)(CC)CC(=C)C. The van der Waals surface area contributed by atoms with Crippen LogP contribution >= 0.6 is 0 Å². The van der Waals surface area contributed by atoms with Crippen molar-refractivity contribution >= 4 is 0 Å². The van der Waals surface area contributed by atoms with Gasteiger partial charge in [-0.3, -0.25) is 0 Å². The molecule has 0 aliphatic carbocycles. The second kappa shape index (κ2) is 4.35. The smallest absolute Gasteiger partial charge is 0.0998 e. The van der Waals surface area contributed by atoms with E-state index in [-0.39, 0.29) is 0 Å². The Hall–Kier alpha value is -0.560. The molecule has 1 atom stereocenters. The van der Waals surface area contributed by atoms with Crippen LogP contribution in [0.5, 0.6) is 0 Å². The van der Waals surface area contributed by atoms with E-state index in [4.69, 9.17) is 0 Å². The molecular weight excluding hydrogens is 134 g/mol. The molecule has 0 aromatic heterocycles. The van der Waals surface area contributed by atoms with Gasteiger partial charge in [-0.25, -0.2) is 0 Å². The second-order valence-electron chi connectivity index (χ2n) is 3.52. The highest BCUT2D eigenvalue weighted by atomic mass is 15.3. The van der Waals surface area contributed by atoms with Gasteiger partial charge in [0, 0.05) is 0 Å². The van der Waals surface area contributed by atoms with Crippen molar-refractivity contribution < 1.29 is 4.48 Å². The number of quaternary nitrogens is 1. The molecule has 0 aliphatic rings. The minimum Gasteiger partial charge on any atom is -0.320 e. The molecule has 0 aromatic rings. The lowest BCUT2D eigenvalue weighted by molar-refractivity contribution is -0.897. The highest BCUT2D eigenvalue weighted by molar-refractivity contribution is 4.88. The number of nitrogens with zero attached hydrogens (tertiary/aromatic N) is 1. The number of rotatable bonds is 5. The summed E-state index contributed by atoms with van der Waals surface area (Å²) in [6.07, 6.45) is 1.98. The average molecular weight is 154 g/mol. The topological polar surface area (TPSA) is 0 Å². The summed E-state index contributed by atoms with van der Waals surface area (Å²) >= 11 is 0. The average Bonchev–Trinajstić information content (AvgIpc) is 1.87. The highest BCUT2D eigenvalue weighted by Crippen LogP contribution is 2.05. The van der Waals surface area contributed by atoms with Gasteiger partial charge in [0.1, 0.15) is 0 Å². The van der Waals surface area contributed by atoms with E-state index in [1.165, 1.54) is 5.57 Å². The molecule has 0 fully saturated rings. The maximum absolute atomic E-state index is 3.92. The van der Waals surface area contributed by atoms with Crippen LogP contribution in [-0.2, 0) is 0 Å². The van der Waals surface area contributed by atoms with Crippen LogP contribution in [0, 0.1) is 0 Å². The molecule has 0 bridgehead atoms. The van der Waals surface area contributed by atoms with E-state index in [1.54, 1.807) is 0 Å². The van der Waals surface area contributed by atoms with Crippen LogP contribution in [0.2, 0.25) is 0 Å². The molecule has 0 amide bonds. The predicted octanol–water partition coefficient (Wildman–Crippen LogP) is 2.21. The number of hydrogen-bond acceptors (Lipinski definition) is 0. The summed E-state index contributed by atoms with van der Waals surface area (Å²) in [4.78, 5) is 0. The van der Waals surface area contributed by atoms with E-state index in [0.29, 0.717) is 0 Å². The molecule has 1 heteroatoms. The summed E-state index contributed by atoms with van der Waals surface area (Å²) in [6.45, 7) is 15.2. The van der Waals surface area contributed by atoms with Crippen LogP contribution in [-0.4, -0.2) is 31.2 Å². The van der Waals surface area contributed by atoms with Crippen LogP contribution in [0.4, 0.5) is 0 Å². The predicted molar refractivity (Wildman–Crippen MR) is 51.5 cm³/mol. The Bertz CT molecular complexity index is 149. The zero-order valence-corrected chi connectivity index (χ0v) is 8.06. The minimum absolute atomic E-state index is 1.03. The van der Waals surface area contributed by atoms with Crippen molar-refractivity contribution in [2.75, 3.05) is 26.7 Å². The normalized spacial score (nSPS) is 15.5. The summed E-state index contributed by atoms with van der Waals surface area (Å²) in [5.74, 6) is 0. The molecule has 0 rings (SSSR count).